The number of aliphatic hydroxyl groups is 1. The molecule has 1 aliphatic rings. The highest BCUT2D eigenvalue weighted by Gasteiger charge is 2.07. The molecule has 1 rings (SSSR count). The summed E-state index contributed by atoms with van der Waals surface area (Å²) in [5.74, 6) is 0. The lowest BCUT2D eigenvalue weighted by Gasteiger charge is -2.15. The van der Waals surface area contributed by atoms with Gasteiger partial charge in [0.25, 0.3) is 0 Å². The van der Waals surface area contributed by atoms with Crippen molar-refractivity contribution in [2.45, 2.75) is 19.1 Å². The molecule has 7 heavy (non-hydrogen) atoms. The highest BCUT2D eigenvalue weighted by Crippen LogP contribution is 2.23. The molecule has 1 heterocycles. The molecule has 0 spiro atoms. The molecule has 0 aromatic rings. The Kier molecular flexibility index (Phi) is 2.04. The predicted molar refractivity (Wildman–Crippen MR) is 29.5 cm³/mol. The van der Waals surface area contributed by atoms with Gasteiger partial charge in [0, 0.05) is 8.81 Å². The van der Waals surface area contributed by atoms with Gasteiger partial charge in [-0.15, -0.1) is 0 Å². The fraction of sp³-hybridized carbons (Fsp3) is 1.00. The quantitative estimate of drug-likeness (QED) is 0.477. The van der Waals surface area contributed by atoms with Crippen LogP contribution in [0, 0.1) is 0 Å². The van der Waals surface area contributed by atoms with Crippen LogP contribution in [-0.2, 0) is 4.52 Å². The van der Waals surface area contributed by atoms with Gasteiger partial charge in [0.1, 0.15) is 0 Å². The first kappa shape index (κ1) is 5.49. The molecule has 0 aromatic heterocycles. The Morgan fingerprint density at radius 1 is 1.71 bits per heavy atom. The van der Waals surface area contributed by atoms with Crippen LogP contribution in [0.2, 0.25) is 0 Å². The Morgan fingerprint density at radius 2 is 2.57 bits per heavy atom. The molecular formula is C4H9O2P. The summed E-state index contributed by atoms with van der Waals surface area (Å²) < 4.78 is 4.86. The van der Waals surface area contributed by atoms with E-state index in [9.17, 15) is 0 Å². The SMILES string of the molecule is OC1CCCPO1. The highest BCUT2D eigenvalue weighted by atomic mass is 31.1. The van der Waals surface area contributed by atoms with Gasteiger partial charge >= 0.3 is 0 Å². The van der Waals surface area contributed by atoms with Crippen molar-refractivity contribution in [1.29, 1.82) is 0 Å². The molecular weight excluding hydrogens is 111 g/mol. The number of hydrogen-bond acceptors (Lipinski definition) is 2. The normalized spacial score (nSPS) is 36.4. The molecule has 2 atom stereocenters. The lowest BCUT2D eigenvalue weighted by molar-refractivity contribution is -0.0183. The van der Waals surface area contributed by atoms with E-state index in [0.717, 1.165) is 19.0 Å². The van der Waals surface area contributed by atoms with E-state index in [-0.39, 0.29) is 0 Å². The molecule has 1 fully saturated rings. The minimum atomic E-state index is -0.452. The van der Waals surface area contributed by atoms with Crippen molar-refractivity contribution in [3.63, 3.8) is 0 Å². The van der Waals surface area contributed by atoms with Crippen molar-refractivity contribution in [3.05, 3.63) is 0 Å². The van der Waals surface area contributed by atoms with E-state index < -0.39 is 6.29 Å². The van der Waals surface area contributed by atoms with Crippen molar-refractivity contribution in [1.82, 2.24) is 0 Å². The van der Waals surface area contributed by atoms with Crippen LogP contribution in [0.4, 0.5) is 0 Å². The fourth-order valence-electron chi connectivity index (χ4n) is 0.563. The molecule has 42 valence electrons. The van der Waals surface area contributed by atoms with E-state index >= 15 is 0 Å². The zero-order valence-corrected chi connectivity index (χ0v) is 5.05. The van der Waals surface area contributed by atoms with Crippen LogP contribution >= 0.6 is 8.81 Å². The molecule has 0 aliphatic carbocycles. The number of hydrogen-bond donors (Lipinski definition) is 1. The van der Waals surface area contributed by atoms with E-state index in [0.29, 0.717) is 8.81 Å². The van der Waals surface area contributed by atoms with Crippen molar-refractivity contribution in [3.8, 4) is 0 Å². The third-order valence-corrected chi connectivity index (χ3v) is 1.95. The van der Waals surface area contributed by atoms with Crippen LogP contribution in [0.25, 0.3) is 0 Å². The molecule has 3 heteroatoms. The van der Waals surface area contributed by atoms with Gasteiger partial charge in [-0.1, -0.05) is 0 Å². The van der Waals surface area contributed by atoms with E-state index in [1.54, 1.807) is 0 Å². The molecule has 0 radical (unpaired) electrons. The van der Waals surface area contributed by atoms with Gasteiger partial charge in [-0.3, -0.25) is 0 Å². The first-order chi connectivity index (χ1) is 3.39. The Bertz CT molecular complexity index is 51.7. The minimum absolute atomic E-state index is 0.452. The molecule has 0 aromatic carbocycles. The van der Waals surface area contributed by atoms with E-state index in [4.69, 9.17) is 9.63 Å². The van der Waals surface area contributed by atoms with Crippen LogP contribution in [-0.4, -0.2) is 17.6 Å². The van der Waals surface area contributed by atoms with Gasteiger partial charge in [-0.25, -0.2) is 0 Å². The molecule has 0 bridgehead atoms. The lowest BCUT2D eigenvalue weighted by Crippen LogP contribution is -2.10. The standard InChI is InChI=1S/C4H9O2P/c5-4-2-1-3-7-6-4/h4-5,7H,1-3H2. The van der Waals surface area contributed by atoms with Crippen LogP contribution in [0.5, 0.6) is 0 Å². The number of aliphatic hydroxyl groups excluding tert-OH is 1. The van der Waals surface area contributed by atoms with Crippen molar-refractivity contribution in [2.24, 2.45) is 0 Å². The zero-order chi connectivity index (χ0) is 5.11. The molecule has 1 aliphatic heterocycles. The predicted octanol–water partition coefficient (Wildman–Crippen LogP) is 0.709. The molecule has 1 N–H and O–H groups in total. The van der Waals surface area contributed by atoms with Crippen molar-refractivity contribution < 1.29 is 9.63 Å². The van der Waals surface area contributed by atoms with Crippen LogP contribution in [0.3, 0.4) is 0 Å². The average molecular weight is 120 g/mol. The summed E-state index contributed by atoms with van der Waals surface area (Å²) in [6.45, 7) is 0. The highest BCUT2D eigenvalue weighted by molar-refractivity contribution is 7.32. The molecule has 1 saturated heterocycles. The van der Waals surface area contributed by atoms with Crippen molar-refractivity contribution in [2.75, 3.05) is 6.16 Å². The van der Waals surface area contributed by atoms with Crippen LogP contribution in [0.1, 0.15) is 12.8 Å². The Hall–Kier alpha value is 0.350. The van der Waals surface area contributed by atoms with Crippen LogP contribution < -0.4 is 0 Å². The lowest BCUT2D eigenvalue weighted by atomic mass is 10.3. The maximum absolute atomic E-state index is 8.69. The Morgan fingerprint density at radius 3 is 2.86 bits per heavy atom. The van der Waals surface area contributed by atoms with Crippen molar-refractivity contribution >= 4 is 8.81 Å². The van der Waals surface area contributed by atoms with Gasteiger partial charge in [-0.2, -0.15) is 0 Å². The van der Waals surface area contributed by atoms with Gasteiger partial charge in [0.15, 0.2) is 6.29 Å². The smallest absolute Gasteiger partial charge is 0.158 e. The van der Waals surface area contributed by atoms with Gasteiger partial charge < -0.3 is 9.63 Å². The first-order valence-electron chi connectivity index (χ1n) is 2.46. The summed E-state index contributed by atoms with van der Waals surface area (Å²) in [6.07, 6.45) is 2.64. The maximum atomic E-state index is 8.69. The fourth-order valence-corrected chi connectivity index (χ4v) is 1.34. The summed E-state index contributed by atoms with van der Waals surface area (Å²) in [4.78, 5) is 0. The van der Waals surface area contributed by atoms with Gasteiger partial charge in [0.05, 0.1) is 0 Å². The topological polar surface area (TPSA) is 29.5 Å². The summed E-state index contributed by atoms with van der Waals surface area (Å²) in [6, 6.07) is 0. The van der Waals surface area contributed by atoms with Gasteiger partial charge in [-0.05, 0) is 19.0 Å². The second-order valence-electron chi connectivity index (χ2n) is 1.61. The van der Waals surface area contributed by atoms with E-state index in [1.807, 2.05) is 0 Å². The second-order valence-corrected chi connectivity index (χ2v) is 2.63. The Labute approximate surface area is 44.7 Å². The average Bonchev–Trinajstić information content (AvgIpc) is 1.69. The third-order valence-electron chi connectivity index (χ3n) is 0.949. The minimum Gasteiger partial charge on any atom is -0.368 e. The summed E-state index contributed by atoms with van der Waals surface area (Å²) >= 11 is 0. The Balaban J connectivity index is 2.12. The largest absolute Gasteiger partial charge is 0.368 e. The monoisotopic (exact) mass is 120 g/mol. The second kappa shape index (κ2) is 2.61. The van der Waals surface area contributed by atoms with Gasteiger partial charge in [0.2, 0.25) is 0 Å². The summed E-state index contributed by atoms with van der Waals surface area (Å²) in [5, 5.41) is 8.69. The maximum Gasteiger partial charge on any atom is 0.158 e. The third kappa shape index (κ3) is 1.72. The molecule has 0 saturated carbocycles. The summed E-state index contributed by atoms with van der Waals surface area (Å²) in [5.41, 5.74) is 0. The molecule has 2 nitrogen and oxygen atoms in total. The van der Waals surface area contributed by atoms with Crippen LogP contribution in [0.15, 0.2) is 0 Å². The van der Waals surface area contributed by atoms with E-state index in [2.05, 4.69) is 0 Å². The zero-order valence-electron chi connectivity index (χ0n) is 4.05. The first-order valence-corrected chi connectivity index (χ1v) is 3.58. The molecule has 2 unspecified atom stereocenters. The number of rotatable bonds is 0. The van der Waals surface area contributed by atoms with E-state index in [1.165, 1.54) is 0 Å². The summed E-state index contributed by atoms with van der Waals surface area (Å²) in [7, 11) is 0.532. The molecule has 0 amide bonds.